The first-order valence-corrected chi connectivity index (χ1v) is 10.9. The van der Waals surface area contributed by atoms with Crippen LogP contribution in [0.15, 0.2) is 48.6 Å². The molecule has 2 aromatic rings. The van der Waals surface area contributed by atoms with Gasteiger partial charge in [0.05, 0.1) is 23.6 Å². The van der Waals surface area contributed by atoms with Crippen LogP contribution in [0.3, 0.4) is 0 Å². The summed E-state index contributed by atoms with van der Waals surface area (Å²) in [5.74, 6) is -0.525. The Morgan fingerprint density at radius 1 is 1.29 bits per heavy atom. The molecule has 1 aromatic carbocycles. The van der Waals surface area contributed by atoms with Crippen LogP contribution >= 0.6 is 11.3 Å². The van der Waals surface area contributed by atoms with Gasteiger partial charge in [-0.2, -0.15) is 0 Å². The maximum Gasteiger partial charge on any atom is 0.229 e. The molecule has 2 unspecified atom stereocenters. The van der Waals surface area contributed by atoms with Gasteiger partial charge in [0.15, 0.2) is 11.8 Å². The Kier molecular flexibility index (Phi) is 7.49. The smallest absolute Gasteiger partial charge is 0.229 e. The highest BCUT2D eigenvalue weighted by atomic mass is 32.1. The molecule has 7 nitrogen and oxygen atoms in total. The van der Waals surface area contributed by atoms with Gasteiger partial charge in [0.25, 0.3) is 0 Å². The van der Waals surface area contributed by atoms with E-state index >= 15 is 0 Å². The summed E-state index contributed by atoms with van der Waals surface area (Å²) in [5.41, 5.74) is 2.99. The third-order valence-corrected chi connectivity index (χ3v) is 5.67. The summed E-state index contributed by atoms with van der Waals surface area (Å²) < 4.78 is 5.22. The van der Waals surface area contributed by atoms with Crippen molar-refractivity contribution >= 4 is 34.6 Å². The van der Waals surface area contributed by atoms with Gasteiger partial charge in [-0.25, -0.2) is 4.98 Å². The lowest BCUT2D eigenvalue weighted by molar-refractivity contribution is -0.120. The maximum absolute atomic E-state index is 11.8. The first-order valence-electron chi connectivity index (χ1n) is 10.0. The molecule has 0 saturated heterocycles. The van der Waals surface area contributed by atoms with Gasteiger partial charge >= 0.3 is 0 Å². The van der Waals surface area contributed by atoms with Crippen molar-refractivity contribution in [3.8, 4) is 11.3 Å². The van der Waals surface area contributed by atoms with Crippen LogP contribution in [0.5, 0.6) is 0 Å². The van der Waals surface area contributed by atoms with E-state index in [-0.39, 0.29) is 31.2 Å². The van der Waals surface area contributed by atoms with E-state index in [1.807, 2.05) is 30.3 Å². The van der Waals surface area contributed by atoms with Crippen LogP contribution in [-0.2, 0) is 16.0 Å². The molecule has 8 heteroatoms. The number of rotatable bonds is 8. The Morgan fingerprint density at radius 3 is 2.68 bits per heavy atom. The minimum atomic E-state index is -0.434. The molecule has 4 N–H and O–H groups in total. The van der Waals surface area contributed by atoms with Crippen LogP contribution in [0.2, 0.25) is 0 Å². The largest absolute Gasteiger partial charge is 0.429 e. The van der Waals surface area contributed by atoms with Crippen molar-refractivity contribution in [1.29, 1.82) is 10.8 Å². The second-order valence-electron chi connectivity index (χ2n) is 7.44. The molecule has 0 aliphatic heterocycles. The second-order valence-corrected chi connectivity index (χ2v) is 8.53. The molecule has 1 heterocycles. The van der Waals surface area contributed by atoms with Gasteiger partial charge in [0.2, 0.25) is 5.91 Å². The minimum Gasteiger partial charge on any atom is -0.429 e. The predicted molar refractivity (Wildman–Crippen MR) is 123 cm³/mol. The molecule has 1 aromatic heterocycles. The number of aromatic nitrogens is 1. The number of thiazole rings is 1. The van der Waals surface area contributed by atoms with Crippen LogP contribution in [0.4, 0.5) is 0 Å². The van der Waals surface area contributed by atoms with Crippen molar-refractivity contribution in [1.82, 2.24) is 10.3 Å². The highest BCUT2D eigenvalue weighted by molar-refractivity contribution is 7.13. The molecule has 1 aliphatic rings. The number of carbonyl (C=O) groups excluding carboxylic acids is 1. The summed E-state index contributed by atoms with van der Waals surface area (Å²) in [6.07, 6.45) is 6.26. The maximum atomic E-state index is 11.8. The lowest BCUT2D eigenvalue weighted by Crippen LogP contribution is -2.36. The predicted octanol–water partition coefficient (Wildman–Crippen LogP) is 3.80. The Hall–Kier alpha value is -3.10. The summed E-state index contributed by atoms with van der Waals surface area (Å²) in [6.45, 7) is 3.60. The van der Waals surface area contributed by atoms with E-state index in [1.165, 1.54) is 11.3 Å². The zero-order valence-electron chi connectivity index (χ0n) is 17.5. The molecule has 0 spiro atoms. The number of nitrogens with zero attached hydrogens (tertiary/aromatic N) is 1. The highest BCUT2D eigenvalue weighted by Gasteiger charge is 2.20. The fraction of sp³-hybridized carbons (Fsp3) is 0.304. The number of allylic oxidation sites excluding steroid dienone is 4. The van der Waals surface area contributed by atoms with Gasteiger partial charge in [-0.3, -0.25) is 15.6 Å². The van der Waals surface area contributed by atoms with E-state index in [2.05, 4.69) is 30.5 Å². The van der Waals surface area contributed by atoms with Crippen LogP contribution in [0.25, 0.3) is 16.8 Å². The molecular formula is C23H26N4O3S. The number of carbonyl (C=O) groups is 1. The van der Waals surface area contributed by atoms with Crippen molar-refractivity contribution in [2.24, 2.45) is 5.92 Å². The number of aliphatic hydroxyl groups excluding tert-OH is 1. The molecule has 0 radical (unpaired) electrons. The summed E-state index contributed by atoms with van der Waals surface area (Å²) in [7, 11) is 0. The molecule has 1 aliphatic carbocycles. The average molecular weight is 439 g/mol. The second kappa shape index (κ2) is 10.3. The molecule has 2 atom stereocenters. The molecule has 3 rings (SSSR count). The van der Waals surface area contributed by atoms with E-state index in [1.54, 1.807) is 6.92 Å². The van der Waals surface area contributed by atoms with Crippen LogP contribution in [0.1, 0.15) is 30.2 Å². The number of benzene rings is 1. The standard InChI is InChI=1S/C23H26N4O3S/c1-14-8-9-17(10-14)23-22(16-6-4-3-5-7-16)27-21(31-23)12-19(25)30-18(24)11-20(29)26-15(2)13-28/h3-10,14-15,24-25,28H,11-13H2,1-2H3,(H,26,29). The molecule has 31 heavy (non-hydrogen) atoms. The fourth-order valence-corrected chi connectivity index (χ4v) is 4.19. The van der Waals surface area contributed by atoms with Crippen LogP contribution < -0.4 is 5.32 Å². The first kappa shape index (κ1) is 22.6. The lowest BCUT2D eigenvalue weighted by atomic mass is 10.1. The minimum absolute atomic E-state index is 0.133. The number of hydrogen-bond acceptors (Lipinski definition) is 7. The summed E-state index contributed by atoms with van der Waals surface area (Å²) in [5, 5.41) is 28.2. The molecule has 0 saturated carbocycles. The SMILES string of the molecule is CC1C=CC(c2sc(CC(=N)OC(=N)CC(=O)NC(C)CO)nc2-c2ccccc2)=C1. The lowest BCUT2D eigenvalue weighted by Gasteiger charge is -2.11. The van der Waals surface area contributed by atoms with Gasteiger partial charge in [0, 0.05) is 11.6 Å². The van der Waals surface area contributed by atoms with Crippen molar-refractivity contribution in [3.05, 3.63) is 58.4 Å². The van der Waals surface area contributed by atoms with Crippen molar-refractivity contribution < 1.29 is 14.6 Å². The summed E-state index contributed by atoms with van der Waals surface area (Å²) >= 11 is 1.51. The number of amides is 1. The monoisotopic (exact) mass is 438 g/mol. The van der Waals surface area contributed by atoms with E-state index in [4.69, 9.17) is 25.6 Å². The number of aliphatic hydroxyl groups is 1. The Labute approximate surface area is 185 Å². The Morgan fingerprint density at radius 2 is 2.03 bits per heavy atom. The van der Waals surface area contributed by atoms with E-state index < -0.39 is 11.9 Å². The van der Waals surface area contributed by atoms with Crippen molar-refractivity contribution in [2.75, 3.05) is 6.61 Å². The zero-order valence-corrected chi connectivity index (χ0v) is 18.3. The molecule has 1 amide bonds. The Balaban J connectivity index is 1.70. The Bertz CT molecular complexity index is 1030. The van der Waals surface area contributed by atoms with Crippen LogP contribution in [0, 0.1) is 16.7 Å². The summed E-state index contributed by atoms with van der Waals surface area (Å²) in [4.78, 5) is 17.6. The van der Waals surface area contributed by atoms with Gasteiger partial charge < -0.3 is 15.2 Å². The zero-order chi connectivity index (χ0) is 22.4. The highest BCUT2D eigenvalue weighted by Crippen LogP contribution is 2.37. The quantitative estimate of drug-likeness (QED) is 0.370. The van der Waals surface area contributed by atoms with Gasteiger partial charge in [-0.05, 0) is 18.4 Å². The fourth-order valence-electron chi connectivity index (χ4n) is 3.10. The first-order chi connectivity index (χ1) is 14.9. The van der Waals surface area contributed by atoms with Gasteiger partial charge in [0.1, 0.15) is 11.4 Å². The molecule has 0 fully saturated rings. The van der Waals surface area contributed by atoms with Crippen molar-refractivity contribution in [2.45, 2.75) is 32.7 Å². The molecular weight excluding hydrogens is 412 g/mol. The average Bonchev–Trinajstić information content (AvgIpc) is 3.34. The third-order valence-electron chi connectivity index (χ3n) is 4.56. The van der Waals surface area contributed by atoms with Gasteiger partial charge in [-0.15, -0.1) is 11.3 Å². The number of nitrogens with one attached hydrogen (secondary N) is 3. The molecule has 0 bridgehead atoms. The van der Waals surface area contributed by atoms with Crippen LogP contribution in [-0.4, -0.2) is 40.4 Å². The number of ether oxygens (including phenoxy) is 1. The normalized spacial score (nSPS) is 16.0. The summed E-state index contributed by atoms with van der Waals surface area (Å²) in [6, 6.07) is 9.51. The molecule has 162 valence electrons. The van der Waals surface area contributed by atoms with E-state index in [9.17, 15) is 4.79 Å². The third kappa shape index (κ3) is 6.19. The number of hydrogen-bond donors (Lipinski definition) is 4. The van der Waals surface area contributed by atoms with Gasteiger partial charge in [-0.1, -0.05) is 55.5 Å². The van der Waals surface area contributed by atoms with E-state index in [0.29, 0.717) is 10.9 Å². The van der Waals surface area contributed by atoms with E-state index in [0.717, 1.165) is 21.7 Å². The van der Waals surface area contributed by atoms with Crippen molar-refractivity contribution in [3.63, 3.8) is 0 Å². The topological polar surface area (TPSA) is 119 Å².